The molecule has 0 saturated carbocycles. The van der Waals surface area contributed by atoms with E-state index >= 15 is 0 Å². The number of aliphatic imine (C=N–C) groups is 1. The van der Waals surface area contributed by atoms with Gasteiger partial charge in [-0.25, -0.2) is 15.0 Å². The SMILES string of the molecule is CCNC(=NCc1ccc(Cn2ccnc2)cc1)NCCCn1c(C)nc2ccccc21.I. The predicted octanol–water partition coefficient (Wildman–Crippen LogP) is 4.35. The van der Waals surface area contributed by atoms with E-state index in [1.54, 1.807) is 6.20 Å². The fraction of sp³-hybridized carbons (Fsp3) is 0.320. The zero-order valence-electron chi connectivity index (χ0n) is 19.2. The first-order valence-corrected chi connectivity index (χ1v) is 11.2. The number of rotatable bonds is 9. The Morgan fingerprint density at radius 3 is 2.58 bits per heavy atom. The van der Waals surface area contributed by atoms with Gasteiger partial charge in [0.2, 0.25) is 0 Å². The molecule has 0 amide bonds. The van der Waals surface area contributed by atoms with Crippen LogP contribution in [0, 0.1) is 6.92 Å². The quantitative estimate of drug-likeness (QED) is 0.139. The van der Waals surface area contributed by atoms with Gasteiger partial charge in [0.1, 0.15) is 5.82 Å². The summed E-state index contributed by atoms with van der Waals surface area (Å²) in [5.74, 6) is 1.91. The van der Waals surface area contributed by atoms with Gasteiger partial charge in [-0.2, -0.15) is 0 Å². The standard InChI is InChI=1S/C25H31N7.HI/c1-3-27-25(28-13-6-15-32-20(2)30-23-7-4-5-8-24(23)32)29-17-21-9-11-22(12-10-21)18-31-16-14-26-19-31;/h4-5,7-12,14,16,19H,3,6,13,15,17-18H2,1-2H3,(H2,27,28,29);1H. The molecule has 0 aliphatic rings. The number of imidazole rings is 2. The van der Waals surface area contributed by atoms with Crippen molar-refractivity contribution in [2.24, 2.45) is 4.99 Å². The number of aryl methyl sites for hydroxylation is 2. The number of hydrogen-bond acceptors (Lipinski definition) is 3. The molecule has 2 aromatic carbocycles. The van der Waals surface area contributed by atoms with Crippen LogP contribution in [0.1, 0.15) is 30.3 Å². The molecule has 0 saturated heterocycles. The van der Waals surface area contributed by atoms with E-state index in [0.717, 1.165) is 49.9 Å². The van der Waals surface area contributed by atoms with Gasteiger partial charge in [-0.3, -0.25) is 0 Å². The fourth-order valence-corrected chi connectivity index (χ4v) is 3.78. The number of hydrogen-bond donors (Lipinski definition) is 2. The Morgan fingerprint density at radius 1 is 1.03 bits per heavy atom. The molecule has 0 fully saturated rings. The first kappa shape index (κ1) is 24.8. The summed E-state index contributed by atoms with van der Waals surface area (Å²) in [7, 11) is 0. The molecule has 0 spiro atoms. The fourth-order valence-electron chi connectivity index (χ4n) is 3.78. The monoisotopic (exact) mass is 557 g/mol. The Labute approximate surface area is 212 Å². The smallest absolute Gasteiger partial charge is 0.191 e. The first-order valence-electron chi connectivity index (χ1n) is 11.2. The Kier molecular flexibility index (Phi) is 9.29. The second-order valence-electron chi connectivity index (χ2n) is 7.83. The van der Waals surface area contributed by atoms with Gasteiger partial charge >= 0.3 is 0 Å². The molecular formula is C25H32IN7. The van der Waals surface area contributed by atoms with Gasteiger partial charge in [0.25, 0.3) is 0 Å². The summed E-state index contributed by atoms with van der Waals surface area (Å²) in [6, 6.07) is 16.9. The molecule has 0 aliphatic carbocycles. The summed E-state index contributed by atoms with van der Waals surface area (Å²) in [6.45, 7) is 8.24. The number of nitrogens with one attached hydrogen (secondary N) is 2. The van der Waals surface area contributed by atoms with Crippen LogP contribution in [-0.4, -0.2) is 38.2 Å². The Hall–Kier alpha value is -2.88. The maximum atomic E-state index is 4.75. The zero-order valence-corrected chi connectivity index (χ0v) is 21.6. The van der Waals surface area contributed by atoms with Crippen molar-refractivity contribution in [3.05, 3.63) is 84.2 Å². The van der Waals surface area contributed by atoms with Crippen LogP contribution in [0.2, 0.25) is 0 Å². The van der Waals surface area contributed by atoms with Gasteiger partial charge < -0.3 is 19.8 Å². The summed E-state index contributed by atoms with van der Waals surface area (Å²) < 4.78 is 4.35. The van der Waals surface area contributed by atoms with Crippen molar-refractivity contribution in [3.8, 4) is 0 Å². The van der Waals surface area contributed by atoms with Crippen LogP contribution in [-0.2, 0) is 19.6 Å². The van der Waals surface area contributed by atoms with E-state index in [9.17, 15) is 0 Å². The molecule has 0 unspecified atom stereocenters. The molecule has 33 heavy (non-hydrogen) atoms. The maximum absolute atomic E-state index is 4.75. The summed E-state index contributed by atoms with van der Waals surface area (Å²) in [5.41, 5.74) is 4.70. The molecule has 0 bridgehead atoms. The molecule has 7 nitrogen and oxygen atoms in total. The van der Waals surface area contributed by atoms with Crippen LogP contribution < -0.4 is 10.6 Å². The Balaban J connectivity index is 0.00000306. The molecule has 2 aromatic heterocycles. The summed E-state index contributed by atoms with van der Waals surface area (Å²) in [5, 5.41) is 6.79. The third-order valence-corrected chi connectivity index (χ3v) is 5.41. The number of para-hydroxylation sites is 2. The van der Waals surface area contributed by atoms with Crippen molar-refractivity contribution in [2.45, 2.75) is 39.9 Å². The minimum Gasteiger partial charge on any atom is -0.357 e. The van der Waals surface area contributed by atoms with Crippen LogP contribution in [0.15, 0.2) is 72.2 Å². The molecule has 4 aromatic rings. The lowest BCUT2D eigenvalue weighted by Crippen LogP contribution is -2.38. The van der Waals surface area contributed by atoms with Gasteiger partial charge in [0.05, 0.1) is 23.9 Å². The van der Waals surface area contributed by atoms with E-state index in [-0.39, 0.29) is 24.0 Å². The number of fused-ring (bicyclic) bond motifs is 1. The number of benzene rings is 2. The van der Waals surface area contributed by atoms with E-state index in [0.29, 0.717) is 6.54 Å². The molecule has 2 heterocycles. The summed E-state index contributed by atoms with van der Waals surface area (Å²) in [6.07, 6.45) is 6.61. The minimum atomic E-state index is 0. The van der Waals surface area contributed by atoms with Crippen molar-refractivity contribution in [1.82, 2.24) is 29.7 Å². The van der Waals surface area contributed by atoms with E-state index < -0.39 is 0 Å². The molecule has 8 heteroatoms. The van der Waals surface area contributed by atoms with Crippen molar-refractivity contribution < 1.29 is 0 Å². The highest BCUT2D eigenvalue weighted by Gasteiger charge is 2.06. The maximum Gasteiger partial charge on any atom is 0.191 e. The van der Waals surface area contributed by atoms with E-state index in [1.807, 2.05) is 18.6 Å². The second-order valence-corrected chi connectivity index (χ2v) is 7.83. The van der Waals surface area contributed by atoms with E-state index in [1.165, 1.54) is 16.6 Å². The molecule has 4 rings (SSSR count). The lowest BCUT2D eigenvalue weighted by Gasteiger charge is -2.12. The van der Waals surface area contributed by atoms with Crippen LogP contribution in [0.4, 0.5) is 0 Å². The molecule has 0 aliphatic heterocycles. The number of nitrogens with zero attached hydrogens (tertiary/aromatic N) is 5. The molecular weight excluding hydrogens is 525 g/mol. The molecule has 0 atom stereocenters. The van der Waals surface area contributed by atoms with Crippen LogP contribution in [0.25, 0.3) is 11.0 Å². The molecule has 0 radical (unpaired) electrons. The van der Waals surface area contributed by atoms with Crippen molar-refractivity contribution in [2.75, 3.05) is 13.1 Å². The van der Waals surface area contributed by atoms with Crippen molar-refractivity contribution >= 4 is 41.0 Å². The van der Waals surface area contributed by atoms with Crippen molar-refractivity contribution in [3.63, 3.8) is 0 Å². The lowest BCUT2D eigenvalue weighted by molar-refractivity contribution is 0.624. The van der Waals surface area contributed by atoms with Crippen LogP contribution in [0.5, 0.6) is 0 Å². The summed E-state index contributed by atoms with van der Waals surface area (Å²) in [4.78, 5) is 13.5. The van der Waals surface area contributed by atoms with E-state index in [4.69, 9.17) is 4.99 Å². The highest BCUT2D eigenvalue weighted by Crippen LogP contribution is 2.15. The topological polar surface area (TPSA) is 72.1 Å². The van der Waals surface area contributed by atoms with Crippen LogP contribution in [0.3, 0.4) is 0 Å². The van der Waals surface area contributed by atoms with Crippen LogP contribution >= 0.6 is 24.0 Å². The third-order valence-electron chi connectivity index (χ3n) is 5.41. The normalized spacial score (nSPS) is 11.4. The van der Waals surface area contributed by atoms with Crippen molar-refractivity contribution in [1.29, 1.82) is 0 Å². The van der Waals surface area contributed by atoms with Gasteiger partial charge in [-0.1, -0.05) is 36.4 Å². The molecule has 174 valence electrons. The second kappa shape index (κ2) is 12.4. The average Bonchev–Trinajstić information content (AvgIpc) is 3.43. The first-order chi connectivity index (χ1) is 15.7. The zero-order chi connectivity index (χ0) is 22.2. The average molecular weight is 557 g/mol. The predicted molar refractivity (Wildman–Crippen MR) is 145 cm³/mol. The van der Waals surface area contributed by atoms with E-state index in [2.05, 4.69) is 86.0 Å². The van der Waals surface area contributed by atoms with Gasteiger partial charge in [0, 0.05) is 38.6 Å². The number of halogens is 1. The Morgan fingerprint density at radius 2 is 1.82 bits per heavy atom. The lowest BCUT2D eigenvalue weighted by atomic mass is 10.1. The number of guanidine groups is 1. The number of aromatic nitrogens is 4. The largest absolute Gasteiger partial charge is 0.357 e. The highest BCUT2D eigenvalue weighted by atomic mass is 127. The minimum absolute atomic E-state index is 0. The molecule has 2 N–H and O–H groups in total. The van der Waals surface area contributed by atoms with Gasteiger partial charge in [0.15, 0.2) is 5.96 Å². The van der Waals surface area contributed by atoms with Gasteiger partial charge in [-0.05, 0) is 43.5 Å². The summed E-state index contributed by atoms with van der Waals surface area (Å²) >= 11 is 0. The highest BCUT2D eigenvalue weighted by molar-refractivity contribution is 14.0. The van der Waals surface area contributed by atoms with Gasteiger partial charge in [-0.15, -0.1) is 24.0 Å². The third kappa shape index (κ3) is 6.80. The Bertz CT molecular complexity index is 1150.